The van der Waals surface area contributed by atoms with Crippen LogP contribution < -0.4 is 11.2 Å². The quantitative estimate of drug-likeness (QED) is 0.368. The van der Waals surface area contributed by atoms with Crippen LogP contribution in [0, 0.1) is 0 Å². The van der Waals surface area contributed by atoms with Crippen LogP contribution in [-0.4, -0.2) is 30.4 Å². The van der Waals surface area contributed by atoms with Gasteiger partial charge < -0.3 is 16.3 Å². The van der Waals surface area contributed by atoms with Crippen molar-refractivity contribution in [1.29, 1.82) is 0 Å². The molecule has 0 aliphatic heterocycles. The molecule has 0 bridgehead atoms. The number of rotatable bonds is 5. The van der Waals surface area contributed by atoms with Crippen LogP contribution in [0.25, 0.3) is 0 Å². The Bertz CT molecular complexity index is 147. The first kappa shape index (κ1) is 9.90. The summed E-state index contributed by atoms with van der Waals surface area (Å²) >= 11 is 0. The highest BCUT2D eigenvalue weighted by Crippen LogP contribution is 1.91. The van der Waals surface area contributed by atoms with Gasteiger partial charge in [-0.2, -0.15) is 5.10 Å². The number of nitrogens with one attached hydrogen (secondary N) is 1. The summed E-state index contributed by atoms with van der Waals surface area (Å²) in [7, 11) is 1.67. The maximum Gasteiger partial charge on any atom is 0.320 e. The normalized spacial score (nSPS) is 13.3. The Labute approximate surface area is 65.3 Å². The van der Waals surface area contributed by atoms with Crippen molar-refractivity contribution in [1.82, 2.24) is 5.43 Å². The zero-order chi connectivity index (χ0) is 8.69. The second kappa shape index (κ2) is 5.67. The highest BCUT2D eigenvalue weighted by atomic mass is 16.4. The lowest BCUT2D eigenvalue weighted by Crippen LogP contribution is -2.29. The molecule has 0 saturated carbocycles. The van der Waals surface area contributed by atoms with E-state index in [-0.39, 0.29) is 0 Å². The van der Waals surface area contributed by atoms with E-state index < -0.39 is 12.0 Å². The van der Waals surface area contributed by atoms with Gasteiger partial charge in [-0.1, -0.05) is 0 Å². The molecule has 0 unspecified atom stereocenters. The predicted molar refractivity (Wildman–Crippen MR) is 42.4 cm³/mol. The van der Waals surface area contributed by atoms with E-state index in [1.807, 2.05) is 0 Å². The SMILES string of the molecule is CN/N=C\CC[C@H](N)C(=O)O. The summed E-state index contributed by atoms with van der Waals surface area (Å²) in [5.41, 5.74) is 7.77. The maximum absolute atomic E-state index is 10.2. The number of hydrogen-bond donors (Lipinski definition) is 3. The number of nitrogens with zero attached hydrogens (tertiary/aromatic N) is 1. The standard InChI is InChI=1S/C6H13N3O2/c1-8-9-4-2-3-5(7)6(10)11/h4-5,8H,2-3,7H2,1H3,(H,10,11)/b9-4-/t5-/m0/s1. The molecule has 0 spiro atoms. The molecule has 0 heterocycles. The van der Waals surface area contributed by atoms with Gasteiger partial charge in [-0.3, -0.25) is 4.79 Å². The zero-order valence-electron chi connectivity index (χ0n) is 6.45. The molecule has 0 amide bonds. The van der Waals surface area contributed by atoms with Crippen LogP contribution >= 0.6 is 0 Å². The van der Waals surface area contributed by atoms with E-state index in [9.17, 15) is 4.79 Å². The molecule has 1 atom stereocenters. The predicted octanol–water partition coefficient (Wildman–Crippen LogP) is -0.616. The van der Waals surface area contributed by atoms with Gasteiger partial charge in [-0.25, -0.2) is 0 Å². The topological polar surface area (TPSA) is 87.7 Å². The van der Waals surface area contributed by atoms with Crippen LogP contribution in [-0.2, 0) is 4.79 Å². The molecular weight excluding hydrogens is 146 g/mol. The van der Waals surface area contributed by atoms with Gasteiger partial charge in [0.15, 0.2) is 0 Å². The molecule has 0 fully saturated rings. The molecular formula is C6H13N3O2. The number of nitrogens with two attached hydrogens (primary N) is 1. The molecule has 64 valence electrons. The van der Waals surface area contributed by atoms with Crippen LogP contribution in [0.5, 0.6) is 0 Å². The highest BCUT2D eigenvalue weighted by molar-refractivity contribution is 5.73. The van der Waals surface area contributed by atoms with Crippen LogP contribution in [0.4, 0.5) is 0 Å². The number of aliphatic carboxylic acids is 1. The van der Waals surface area contributed by atoms with Gasteiger partial charge >= 0.3 is 5.97 Å². The Morgan fingerprint density at radius 3 is 3.00 bits per heavy atom. The molecule has 4 N–H and O–H groups in total. The Balaban J connectivity index is 3.38. The molecule has 0 radical (unpaired) electrons. The minimum Gasteiger partial charge on any atom is -0.480 e. The maximum atomic E-state index is 10.2. The molecule has 0 saturated heterocycles. The van der Waals surface area contributed by atoms with Gasteiger partial charge in [-0.15, -0.1) is 0 Å². The Hall–Kier alpha value is -1.10. The van der Waals surface area contributed by atoms with E-state index >= 15 is 0 Å². The monoisotopic (exact) mass is 159 g/mol. The molecule has 0 rings (SSSR count). The van der Waals surface area contributed by atoms with Crippen molar-refractivity contribution in [3.63, 3.8) is 0 Å². The lowest BCUT2D eigenvalue weighted by molar-refractivity contribution is -0.138. The fourth-order valence-electron chi connectivity index (χ4n) is 0.533. The van der Waals surface area contributed by atoms with E-state index in [1.54, 1.807) is 13.3 Å². The van der Waals surface area contributed by atoms with Crippen LogP contribution in [0.15, 0.2) is 5.10 Å². The fraction of sp³-hybridized carbons (Fsp3) is 0.667. The average molecular weight is 159 g/mol. The number of carboxylic acid groups (broad SMARTS) is 1. The average Bonchev–Trinajstić information content (AvgIpc) is 1.97. The summed E-state index contributed by atoms with van der Waals surface area (Å²) in [6.45, 7) is 0. The van der Waals surface area contributed by atoms with Crippen molar-refractivity contribution in [2.75, 3.05) is 7.05 Å². The van der Waals surface area contributed by atoms with Gasteiger partial charge in [0.2, 0.25) is 0 Å². The van der Waals surface area contributed by atoms with Crippen molar-refractivity contribution in [2.45, 2.75) is 18.9 Å². The second-order valence-electron chi connectivity index (χ2n) is 2.06. The third-order valence-electron chi connectivity index (χ3n) is 1.14. The summed E-state index contributed by atoms with van der Waals surface area (Å²) in [5.74, 6) is -0.970. The van der Waals surface area contributed by atoms with Crippen molar-refractivity contribution in [3.05, 3.63) is 0 Å². The van der Waals surface area contributed by atoms with Crippen LogP contribution in [0.1, 0.15) is 12.8 Å². The smallest absolute Gasteiger partial charge is 0.320 e. The van der Waals surface area contributed by atoms with Crippen molar-refractivity contribution < 1.29 is 9.90 Å². The summed E-state index contributed by atoms with van der Waals surface area (Å²) in [6.07, 6.45) is 2.59. The van der Waals surface area contributed by atoms with Crippen molar-refractivity contribution >= 4 is 12.2 Å². The lowest BCUT2D eigenvalue weighted by atomic mass is 10.2. The van der Waals surface area contributed by atoms with E-state index in [0.29, 0.717) is 12.8 Å². The zero-order valence-corrected chi connectivity index (χ0v) is 6.45. The van der Waals surface area contributed by atoms with Crippen molar-refractivity contribution in [3.8, 4) is 0 Å². The van der Waals surface area contributed by atoms with E-state index in [4.69, 9.17) is 10.8 Å². The molecule has 0 aliphatic rings. The molecule has 5 heteroatoms. The molecule has 0 aromatic carbocycles. The molecule has 5 nitrogen and oxygen atoms in total. The van der Waals surface area contributed by atoms with E-state index in [2.05, 4.69) is 10.5 Å². The third-order valence-corrected chi connectivity index (χ3v) is 1.14. The largest absolute Gasteiger partial charge is 0.480 e. The molecule has 0 aromatic rings. The van der Waals surface area contributed by atoms with Crippen molar-refractivity contribution in [2.24, 2.45) is 10.8 Å². The van der Waals surface area contributed by atoms with Gasteiger partial charge in [0.1, 0.15) is 6.04 Å². The number of carbonyl (C=O) groups is 1. The van der Waals surface area contributed by atoms with E-state index in [0.717, 1.165) is 0 Å². The minimum absolute atomic E-state index is 0.417. The molecule has 0 aliphatic carbocycles. The summed E-state index contributed by atoms with van der Waals surface area (Å²) in [6, 6.07) is -0.779. The first-order chi connectivity index (χ1) is 5.18. The first-order valence-electron chi connectivity index (χ1n) is 3.35. The van der Waals surface area contributed by atoms with Gasteiger partial charge in [0.05, 0.1) is 0 Å². The summed E-state index contributed by atoms with van der Waals surface area (Å²) in [5, 5.41) is 12.0. The van der Waals surface area contributed by atoms with Crippen LogP contribution in [0.3, 0.4) is 0 Å². The summed E-state index contributed by atoms with van der Waals surface area (Å²) in [4.78, 5) is 10.2. The first-order valence-corrected chi connectivity index (χ1v) is 3.35. The molecule has 11 heavy (non-hydrogen) atoms. The summed E-state index contributed by atoms with van der Waals surface area (Å²) < 4.78 is 0. The minimum atomic E-state index is -0.970. The number of carboxylic acids is 1. The Morgan fingerprint density at radius 2 is 2.55 bits per heavy atom. The lowest BCUT2D eigenvalue weighted by Gasteiger charge is -2.01. The molecule has 0 aromatic heterocycles. The van der Waals surface area contributed by atoms with E-state index in [1.165, 1.54) is 0 Å². The van der Waals surface area contributed by atoms with Gasteiger partial charge in [0.25, 0.3) is 0 Å². The second-order valence-corrected chi connectivity index (χ2v) is 2.06. The third kappa shape index (κ3) is 5.35. The Morgan fingerprint density at radius 1 is 1.91 bits per heavy atom. The highest BCUT2D eigenvalue weighted by Gasteiger charge is 2.08. The number of hydrogen-bond acceptors (Lipinski definition) is 4. The van der Waals surface area contributed by atoms with Gasteiger partial charge in [0, 0.05) is 13.3 Å². The Kier molecular flexibility index (Phi) is 5.10. The fourth-order valence-corrected chi connectivity index (χ4v) is 0.533. The van der Waals surface area contributed by atoms with Crippen LogP contribution in [0.2, 0.25) is 0 Å². The number of hydrazone groups is 1. The van der Waals surface area contributed by atoms with Gasteiger partial charge in [-0.05, 0) is 12.8 Å².